The van der Waals surface area contributed by atoms with E-state index in [1.54, 1.807) is 0 Å². The van der Waals surface area contributed by atoms with Crippen molar-refractivity contribution in [3.05, 3.63) is 0 Å². The molecule has 1 saturated heterocycles. The van der Waals surface area contributed by atoms with Crippen molar-refractivity contribution in [2.24, 2.45) is 5.92 Å². The number of carbonyl (C=O) groups excluding carboxylic acids is 1. The number of rotatable bonds is 5. The Balaban J connectivity index is 2.21. The highest BCUT2D eigenvalue weighted by Gasteiger charge is 2.32. The molecule has 2 atom stereocenters. The van der Waals surface area contributed by atoms with Crippen molar-refractivity contribution in [1.82, 2.24) is 5.32 Å². The first-order chi connectivity index (χ1) is 7.41. The average Bonchev–Trinajstić information content (AvgIpc) is 2.53. The highest BCUT2D eigenvalue weighted by Crippen LogP contribution is 2.18. The molecule has 1 rings (SSSR count). The molecule has 0 aromatic carbocycles. The van der Waals surface area contributed by atoms with Gasteiger partial charge in [0.25, 0.3) is 0 Å². The summed E-state index contributed by atoms with van der Waals surface area (Å²) in [5, 5.41) is 2.79. The van der Waals surface area contributed by atoms with Crippen LogP contribution in [0.2, 0.25) is 0 Å². The van der Waals surface area contributed by atoms with Crippen LogP contribution in [0.25, 0.3) is 0 Å². The van der Waals surface area contributed by atoms with Crippen LogP contribution in [0.3, 0.4) is 0 Å². The van der Waals surface area contributed by atoms with Gasteiger partial charge in [0.2, 0.25) is 5.91 Å². The third-order valence-electron chi connectivity index (χ3n) is 2.68. The molecule has 1 heterocycles. The van der Waals surface area contributed by atoms with E-state index >= 15 is 0 Å². The van der Waals surface area contributed by atoms with E-state index in [4.69, 9.17) is 0 Å². The fourth-order valence-corrected chi connectivity index (χ4v) is 3.81. The Morgan fingerprint density at radius 1 is 1.56 bits per heavy atom. The van der Waals surface area contributed by atoms with E-state index in [1.165, 1.54) is 0 Å². The van der Waals surface area contributed by atoms with Gasteiger partial charge in [-0.25, -0.2) is 8.42 Å². The topological polar surface area (TPSA) is 63.2 Å². The van der Waals surface area contributed by atoms with E-state index in [-0.39, 0.29) is 23.3 Å². The maximum absolute atomic E-state index is 11.6. The van der Waals surface area contributed by atoms with Gasteiger partial charge in [-0.1, -0.05) is 22.9 Å². The zero-order chi connectivity index (χ0) is 12.2. The van der Waals surface area contributed by atoms with Gasteiger partial charge in [0.1, 0.15) is 0 Å². The molecular weight excluding hydrogens is 294 g/mol. The maximum Gasteiger partial charge on any atom is 0.224 e. The van der Waals surface area contributed by atoms with E-state index in [2.05, 4.69) is 28.2 Å². The normalized spacial score (nSPS) is 25.2. The van der Waals surface area contributed by atoms with Crippen molar-refractivity contribution in [3.8, 4) is 0 Å². The third kappa shape index (κ3) is 4.82. The molecule has 94 valence electrons. The molecule has 0 bridgehead atoms. The van der Waals surface area contributed by atoms with Crippen molar-refractivity contribution >= 4 is 31.7 Å². The van der Waals surface area contributed by atoms with Crippen LogP contribution in [-0.2, 0) is 14.6 Å². The Labute approximate surface area is 105 Å². The van der Waals surface area contributed by atoms with Crippen molar-refractivity contribution < 1.29 is 13.2 Å². The van der Waals surface area contributed by atoms with Gasteiger partial charge in [-0.05, 0) is 19.3 Å². The molecule has 1 fully saturated rings. The predicted octanol–water partition coefficient (Wildman–Crippen LogP) is 1.10. The fraction of sp³-hybridized carbons (Fsp3) is 0.900. The van der Waals surface area contributed by atoms with Gasteiger partial charge >= 0.3 is 0 Å². The molecule has 1 N–H and O–H groups in total. The van der Waals surface area contributed by atoms with E-state index in [9.17, 15) is 13.2 Å². The zero-order valence-electron chi connectivity index (χ0n) is 9.41. The minimum atomic E-state index is -2.95. The molecular formula is C10H18BrNO3S. The first-order valence-electron chi connectivity index (χ1n) is 5.53. The Hall–Kier alpha value is -0.100. The van der Waals surface area contributed by atoms with E-state index in [0.29, 0.717) is 17.8 Å². The monoisotopic (exact) mass is 311 g/mol. The van der Waals surface area contributed by atoms with Gasteiger partial charge in [-0.2, -0.15) is 0 Å². The largest absolute Gasteiger partial charge is 0.356 e. The molecule has 0 spiro atoms. The summed E-state index contributed by atoms with van der Waals surface area (Å²) in [6, 6.07) is 0. The maximum atomic E-state index is 11.6. The van der Waals surface area contributed by atoms with Crippen LogP contribution in [0.4, 0.5) is 0 Å². The molecule has 1 aliphatic heterocycles. The number of hydrogen-bond donors (Lipinski definition) is 1. The molecule has 4 nitrogen and oxygen atoms in total. The van der Waals surface area contributed by atoms with Crippen LogP contribution < -0.4 is 5.32 Å². The summed E-state index contributed by atoms with van der Waals surface area (Å²) in [4.78, 5) is 12.0. The fourth-order valence-electron chi connectivity index (χ4n) is 1.74. The van der Waals surface area contributed by atoms with E-state index in [0.717, 1.165) is 12.8 Å². The molecule has 1 aliphatic rings. The minimum Gasteiger partial charge on any atom is -0.356 e. The number of amides is 1. The lowest BCUT2D eigenvalue weighted by Crippen LogP contribution is -2.32. The molecule has 0 aromatic heterocycles. The van der Waals surface area contributed by atoms with Gasteiger partial charge in [-0.15, -0.1) is 0 Å². The van der Waals surface area contributed by atoms with Crippen LogP contribution in [-0.4, -0.2) is 37.2 Å². The number of sulfone groups is 1. The molecule has 0 saturated carbocycles. The molecule has 0 aromatic rings. The smallest absolute Gasteiger partial charge is 0.224 e. The van der Waals surface area contributed by atoms with Crippen LogP contribution in [0.15, 0.2) is 0 Å². The van der Waals surface area contributed by atoms with Gasteiger partial charge in [0, 0.05) is 11.4 Å². The second kappa shape index (κ2) is 6.00. The standard InChI is InChI=1S/C10H18BrNO3S/c1-8(11)3-2-5-12-10(13)9-4-6-16(14,15)7-9/h8-9H,2-7H2,1H3,(H,12,13). The molecule has 1 amide bonds. The SMILES string of the molecule is CC(Br)CCCNC(=O)C1CCS(=O)(=O)C1. The van der Waals surface area contributed by atoms with Crippen LogP contribution in [0, 0.1) is 5.92 Å². The number of nitrogens with one attached hydrogen (secondary N) is 1. The quantitative estimate of drug-likeness (QED) is 0.611. The number of halogens is 1. The lowest BCUT2D eigenvalue weighted by Gasteiger charge is -2.09. The lowest BCUT2D eigenvalue weighted by molar-refractivity contribution is -0.124. The lowest BCUT2D eigenvalue weighted by atomic mass is 10.1. The average molecular weight is 312 g/mol. The number of alkyl halides is 1. The molecule has 0 aliphatic carbocycles. The van der Waals surface area contributed by atoms with E-state index < -0.39 is 9.84 Å². The highest BCUT2D eigenvalue weighted by molar-refractivity contribution is 9.09. The molecule has 0 radical (unpaired) electrons. The first-order valence-corrected chi connectivity index (χ1v) is 8.26. The van der Waals surface area contributed by atoms with Crippen LogP contribution in [0.5, 0.6) is 0 Å². The second-order valence-electron chi connectivity index (χ2n) is 4.31. The highest BCUT2D eigenvalue weighted by atomic mass is 79.9. The van der Waals surface area contributed by atoms with Gasteiger partial charge in [-0.3, -0.25) is 4.79 Å². The second-order valence-corrected chi connectivity index (χ2v) is 8.11. The Kier molecular flexibility index (Phi) is 5.24. The number of hydrogen-bond acceptors (Lipinski definition) is 3. The molecule has 6 heteroatoms. The first kappa shape index (κ1) is 14.0. The third-order valence-corrected chi connectivity index (χ3v) is 4.91. The molecule has 16 heavy (non-hydrogen) atoms. The number of carbonyl (C=O) groups is 1. The van der Waals surface area contributed by atoms with Crippen molar-refractivity contribution in [3.63, 3.8) is 0 Å². The summed E-state index contributed by atoms with van der Waals surface area (Å²) >= 11 is 3.43. The Morgan fingerprint density at radius 3 is 2.75 bits per heavy atom. The zero-order valence-corrected chi connectivity index (χ0v) is 11.8. The summed E-state index contributed by atoms with van der Waals surface area (Å²) in [5.41, 5.74) is 0. The Morgan fingerprint density at radius 2 is 2.25 bits per heavy atom. The summed E-state index contributed by atoms with van der Waals surface area (Å²) in [5.74, 6) is -0.258. The Bertz CT molecular complexity index is 340. The summed E-state index contributed by atoms with van der Waals surface area (Å²) in [6.45, 7) is 2.69. The van der Waals surface area contributed by atoms with E-state index in [1.807, 2.05) is 0 Å². The van der Waals surface area contributed by atoms with Gasteiger partial charge in [0.15, 0.2) is 9.84 Å². The van der Waals surface area contributed by atoms with Crippen molar-refractivity contribution in [2.75, 3.05) is 18.1 Å². The molecule has 2 unspecified atom stereocenters. The van der Waals surface area contributed by atoms with Gasteiger partial charge < -0.3 is 5.32 Å². The minimum absolute atomic E-state index is 0.0215. The predicted molar refractivity (Wildman–Crippen MR) is 67.4 cm³/mol. The summed E-state index contributed by atoms with van der Waals surface area (Å²) in [7, 11) is -2.95. The summed E-state index contributed by atoms with van der Waals surface area (Å²) < 4.78 is 22.4. The van der Waals surface area contributed by atoms with Gasteiger partial charge in [0.05, 0.1) is 17.4 Å². The summed E-state index contributed by atoms with van der Waals surface area (Å²) in [6.07, 6.45) is 2.39. The van der Waals surface area contributed by atoms with Crippen molar-refractivity contribution in [2.45, 2.75) is 31.0 Å². The van der Waals surface area contributed by atoms with Crippen molar-refractivity contribution in [1.29, 1.82) is 0 Å². The van der Waals surface area contributed by atoms with Crippen LogP contribution >= 0.6 is 15.9 Å². The van der Waals surface area contributed by atoms with Crippen LogP contribution in [0.1, 0.15) is 26.2 Å².